The van der Waals surface area contributed by atoms with Crippen molar-refractivity contribution in [3.05, 3.63) is 29.7 Å². The third-order valence-electron chi connectivity index (χ3n) is 5.19. The Morgan fingerprint density at radius 2 is 2.28 bits per heavy atom. The van der Waals surface area contributed by atoms with Crippen molar-refractivity contribution < 1.29 is 18.7 Å². The summed E-state index contributed by atoms with van der Waals surface area (Å²) in [5.41, 5.74) is 0.941. The SMILES string of the molecule is COCCCCC(O)(c1cccc2nc(C)oc12)C1CCCN(F)C1. The number of unbranched alkanes of at least 4 members (excludes halogenated alkanes) is 1. The lowest BCUT2D eigenvalue weighted by atomic mass is 9.74. The monoisotopic (exact) mass is 350 g/mol. The van der Waals surface area contributed by atoms with Crippen LogP contribution < -0.4 is 0 Å². The summed E-state index contributed by atoms with van der Waals surface area (Å²) < 4.78 is 24.8. The number of nitrogens with zero attached hydrogens (tertiary/aromatic N) is 2. The van der Waals surface area contributed by atoms with Gasteiger partial charge < -0.3 is 14.3 Å². The van der Waals surface area contributed by atoms with E-state index in [-0.39, 0.29) is 12.5 Å². The normalized spacial score (nSPS) is 21.5. The Hall–Kier alpha value is -1.50. The quantitative estimate of drug-likeness (QED) is 0.609. The first-order chi connectivity index (χ1) is 12.0. The van der Waals surface area contributed by atoms with Gasteiger partial charge in [0.2, 0.25) is 0 Å². The first kappa shape index (κ1) is 18.3. The molecule has 1 aliphatic heterocycles. The number of ether oxygens (including phenoxy) is 1. The summed E-state index contributed by atoms with van der Waals surface area (Å²) in [6.07, 6.45) is 3.75. The van der Waals surface area contributed by atoms with E-state index in [0.29, 0.717) is 31.0 Å². The highest BCUT2D eigenvalue weighted by molar-refractivity contribution is 5.77. The summed E-state index contributed by atoms with van der Waals surface area (Å²) >= 11 is 0. The second-order valence-electron chi connectivity index (χ2n) is 6.97. The van der Waals surface area contributed by atoms with Gasteiger partial charge in [-0.3, -0.25) is 0 Å². The van der Waals surface area contributed by atoms with Gasteiger partial charge >= 0.3 is 0 Å². The van der Waals surface area contributed by atoms with Crippen LogP contribution in [-0.4, -0.2) is 42.0 Å². The molecule has 0 aliphatic carbocycles. The Labute approximate surface area is 147 Å². The molecule has 3 rings (SSSR count). The van der Waals surface area contributed by atoms with E-state index in [1.54, 1.807) is 14.0 Å². The van der Waals surface area contributed by atoms with Crippen LogP contribution in [0.25, 0.3) is 11.1 Å². The van der Waals surface area contributed by atoms with E-state index in [1.165, 1.54) is 0 Å². The molecule has 2 aromatic rings. The van der Waals surface area contributed by atoms with Crippen LogP contribution >= 0.6 is 0 Å². The van der Waals surface area contributed by atoms with Crippen LogP contribution in [0.4, 0.5) is 4.48 Å². The van der Waals surface area contributed by atoms with Crippen molar-refractivity contribution in [2.24, 2.45) is 5.92 Å². The zero-order valence-corrected chi connectivity index (χ0v) is 15.0. The molecule has 0 radical (unpaired) electrons. The number of fused-ring (bicyclic) bond motifs is 1. The van der Waals surface area contributed by atoms with Gasteiger partial charge in [-0.25, -0.2) is 4.98 Å². The highest BCUT2D eigenvalue weighted by Gasteiger charge is 2.42. The molecular weight excluding hydrogens is 323 g/mol. The van der Waals surface area contributed by atoms with Gasteiger partial charge in [0.25, 0.3) is 0 Å². The molecule has 1 aliphatic rings. The van der Waals surface area contributed by atoms with Crippen molar-refractivity contribution in [2.75, 3.05) is 26.8 Å². The summed E-state index contributed by atoms with van der Waals surface area (Å²) in [4.78, 5) is 4.37. The zero-order chi connectivity index (χ0) is 17.9. The van der Waals surface area contributed by atoms with Gasteiger partial charge in [0.1, 0.15) is 5.52 Å². The first-order valence-corrected chi connectivity index (χ1v) is 9.03. The maximum absolute atomic E-state index is 13.9. The largest absolute Gasteiger partial charge is 0.441 e. The summed E-state index contributed by atoms with van der Waals surface area (Å²) in [6, 6.07) is 5.65. The average Bonchev–Trinajstić information content (AvgIpc) is 2.98. The summed E-state index contributed by atoms with van der Waals surface area (Å²) in [7, 11) is 1.67. The standard InChI is InChI=1S/C19H27FN2O3/c1-14-21-17-9-5-8-16(18(17)25-14)19(23,10-3-4-12-24-2)15-7-6-11-22(20)13-15/h5,8-9,15,23H,3-4,6-7,10-13H2,1-2H3. The molecular formula is C19H27FN2O3. The smallest absolute Gasteiger partial charge is 0.192 e. The number of hydrogen-bond acceptors (Lipinski definition) is 5. The lowest BCUT2D eigenvalue weighted by Crippen LogP contribution is -2.44. The molecule has 1 N–H and O–H groups in total. The molecule has 0 amide bonds. The zero-order valence-electron chi connectivity index (χ0n) is 15.0. The van der Waals surface area contributed by atoms with Crippen LogP contribution in [0.3, 0.4) is 0 Å². The van der Waals surface area contributed by atoms with Crippen molar-refractivity contribution >= 4 is 11.1 Å². The van der Waals surface area contributed by atoms with E-state index < -0.39 is 5.60 Å². The van der Waals surface area contributed by atoms with Crippen molar-refractivity contribution in [3.63, 3.8) is 0 Å². The highest BCUT2D eigenvalue weighted by Crippen LogP contribution is 2.42. The maximum atomic E-state index is 13.9. The first-order valence-electron chi connectivity index (χ1n) is 9.03. The third-order valence-corrected chi connectivity index (χ3v) is 5.19. The number of oxazole rings is 1. The molecule has 5 nitrogen and oxygen atoms in total. The van der Waals surface area contributed by atoms with E-state index in [2.05, 4.69) is 4.98 Å². The van der Waals surface area contributed by atoms with Gasteiger partial charge in [-0.05, 0) is 38.2 Å². The summed E-state index contributed by atoms with van der Waals surface area (Å²) in [5, 5.41) is 12.5. The van der Waals surface area contributed by atoms with E-state index in [0.717, 1.165) is 41.9 Å². The number of benzene rings is 1. The van der Waals surface area contributed by atoms with E-state index in [1.807, 2.05) is 18.2 Å². The molecule has 25 heavy (non-hydrogen) atoms. The average molecular weight is 350 g/mol. The molecule has 2 unspecified atom stereocenters. The van der Waals surface area contributed by atoms with E-state index >= 15 is 0 Å². The number of piperidine rings is 1. The van der Waals surface area contributed by atoms with Gasteiger partial charge in [-0.1, -0.05) is 12.1 Å². The number of halogens is 1. The minimum absolute atomic E-state index is 0.176. The maximum Gasteiger partial charge on any atom is 0.192 e. The predicted octanol–water partition coefficient (Wildman–Crippen LogP) is 3.74. The molecule has 6 heteroatoms. The Balaban J connectivity index is 1.96. The van der Waals surface area contributed by atoms with Gasteiger partial charge in [-0.15, -0.1) is 9.60 Å². The van der Waals surface area contributed by atoms with Crippen LogP contribution in [-0.2, 0) is 10.3 Å². The van der Waals surface area contributed by atoms with Crippen LogP contribution in [0.2, 0.25) is 0 Å². The van der Waals surface area contributed by atoms with E-state index in [9.17, 15) is 9.59 Å². The number of methoxy groups -OCH3 is 1. The Bertz CT molecular complexity index is 705. The molecule has 1 aromatic carbocycles. The second kappa shape index (κ2) is 7.81. The predicted molar refractivity (Wildman–Crippen MR) is 93.8 cm³/mol. The molecule has 0 saturated carbocycles. The highest BCUT2D eigenvalue weighted by atomic mass is 19.2. The molecule has 1 fully saturated rings. The van der Waals surface area contributed by atoms with Crippen molar-refractivity contribution in [1.82, 2.24) is 10.1 Å². The minimum Gasteiger partial charge on any atom is -0.441 e. The topological polar surface area (TPSA) is 58.7 Å². The molecule has 2 atom stereocenters. The van der Waals surface area contributed by atoms with Gasteiger partial charge in [0, 0.05) is 45.2 Å². The third kappa shape index (κ3) is 3.86. The minimum atomic E-state index is -1.13. The van der Waals surface area contributed by atoms with Crippen LogP contribution in [0.5, 0.6) is 0 Å². The number of hydrogen-bond donors (Lipinski definition) is 1. The second-order valence-corrected chi connectivity index (χ2v) is 6.97. The Morgan fingerprint density at radius 3 is 3.04 bits per heavy atom. The fraction of sp³-hybridized carbons (Fsp3) is 0.632. The number of aromatic nitrogens is 1. The Kier molecular flexibility index (Phi) is 5.71. The summed E-state index contributed by atoms with van der Waals surface area (Å²) in [5.74, 6) is 0.393. The van der Waals surface area contributed by atoms with Gasteiger partial charge in [0.15, 0.2) is 11.5 Å². The summed E-state index contributed by atoms with van der Waals surface area (Å²) in [6.45, 7) is 3.12. The van der Waals surface area contributed by atoms with Crippen LogP contribution in [0, 0.1) is 12.8 Å². The fourth-order valence-corrected chi connectivity index (χ4v) is 3.92. The van der Waals surface area contributed by atoms with Gasteiger partial charge in [0.05, 0.1) is 5.60 Å². The number of aliphatic hydroxyl groups is 1. The van der Waals surface area contributed by atoms with E-state index in [4.69, 9.17) is 9.15 Å². The number of aryl methyl sites for hydroxylation is 1. The van der Waals surface area contributed by atoms with Crippen LogP contribution in [0.1, 0.15) is 43.6 Å². The molecule has 0 bridgehead atoms. The molecule has 2 heterocycles. The van der Waals surface area contributed by atoms with Crippen molar-refractivity contribution in [3.8, 4) is 0 Å². The number of rotatable bonds is 7. The molecule has 1 saturated heterocycles. The van der Waals surface area contributed by atoms with Crippen molar-refractivity contribution in [1.29, 1.82) is 0 Å². The fourth-order valence-electron chi connectivity index (χ4n) is 3.92. The Morgan fingerprint density at radius 1 is 1.44 bits per heavy atom. The molecule has 0 spiro atoms. The molecule has 1 aromatic heterocycles. The lowest BCUT2D eigenvalue weighted by Gasteiger charge is -2.40. The van der Waals surface area contributed by atoms with Crippen molar-refractivity contribution in [2.45, 2.75) is 44.6 Å². The number of para-hydroxylation sites is 1. The van der Waals surface area contributed by atoms with Gasteiger partial charge in [-0.2, -0.15) is 0 Å². The lowest BCUT2D eigenvalue weighted by molar-refractivity contribution is -0.102. The molecule has 138 valence electrons. The van der Waals surface area contributed by atoms with Crippen LogP contribution in [0.15, 0.2) is 22.6 Å².